The summed E-state index contributed by atoms with van der Waals surface area (Å²) in [6.45, 7) is 1.80. The molecule has 158 valence electrons. The monoisotopic (exact) mass is 422 g/mol. The molecule has 0 spiro atoms. The van der Waals surface area contributed by atoms with Gasteiger partial charge in [0.15, 0.2) is 0 Å². The van der Waals surface area contributed by atoms with E-state index in [-0.39, 0.29) is 6.04 Å². The van der Waals surface area contributed by atoms with Gasteiger partial charge >= 0.3 is 0 Å². The van der Waals surface area contributed by atoms with Gasteiger partial charge in [-0.3, -0.25) is 20.1 Å². The number of nitrogens with one attached hydrogen (secondary N) is 1. The van der Waals surface area contributed by atoms with Crippen molar-refractivity contribution in [2.24, 2.45) is 5.73 Å². The molecule has 3 aromatic heterocycles. The van der Waals surface area contributed by atoms with Crippen LogP contribution in [0.3, 0.4) is 0 Å². The molecule has 0 unspecified atom stereocenters. The van der Waals surface area contributed by atoms with Gasteiger partial charge in [0.1, 0.15) is 17.2 Å². The summed E-state index contributed by atoms with van der Waals surface area (Å²) in [5.74, 6) is 0.870. The van der Waals surface area contributed by atoms with Gasteiger partial charge in [-0.15, -0.1) is 0 Å². The van der Waals surface area contributed by atoms with Crippen molar-refractivity contribution >= 4 is 27.8 Å². The number of nitrogens with zero attached hydrogens (tertiary/aromatic N) is 6. The maximum atomic E-state index is 6.05. The normalized spacial score (nSPS) is 15.0. The van der Waals surface area contributed by atoms with Crippen molar-refractivity contribution < 1.29 is 0 Å². The summed E-state index contributed by atoms with van der Waals surface area (Å²) in [5, 5.41) is 8.70. The molecule has 0 amide bonds. The molecule has 1 fully saturated rings. The predicted octanol–water partition coefficient (Wildman–Crippen LogP) is 3.56. The summed E-state index contributed by atoms with van der Waals surface area (Å²) >= 11 is 0. The van der Waals surface area contributed by atoms with Gasteiger partial charge < -0.3 is 10.6 Å². The zero-order valence-electron chi connectivity index (χ0n) is 17.4. The molecule has 6 rings (SSSR count). The van der Waals surface area contributed by atoms with Crippen molar-refractivity contribution in [1.82, 2.24) is 30.1 Å². The maximum absolute atomic E-state index is 6.05. The third kappa shape index (κ3) is 3.34. The molecule has 3 N–H and O–H groups in total. The Kier molecular flexibility index (Phi) is 4.50. The van der Waals surface area contributed by atoms with Crippen LogP contribution in [0.2, 0.25) is 0 Å². The van der Waals surface area contributed by atoms with Crippen molar-refractivity contribution in [3.8, 4) is 22.5 Å². The van der Waals surface area contributed by atoms with E-state index >= 15 is 0 Å². The van der Waals surface area contributed by atoms with Crippen LogP contribution in [0.5, 0.6) is 0 Å². The Morgan fingerprint density at radius 1 is 0.906 bits per heavy atom. The van der Waals surface area contributed by atoms with Crippen molar-refractivity contribution in [3.63, 3.8) is 0 Å². The Bertz CT molecular complexity index is 1420. The fourth-order valence-electron chi connectivity index (χ4n) is 4.28. The quantitative estimate of drug-likeness (QED) is 0.457. The molecule has 5 aromatic rings. The van der Waals surface area contributed by atoms with E-state index in [1.807, 2.05) is 18.3 Å². The molecule has 1 saturated heterocycles. The number of H-pyrrole nitrogens is 1. The first-order valence-electron chi connectivity index (χ1n) is 10.8. The molecule has 8 nitrogen and oxygen atoms in total. The minimum atomic E-state index is 0.275. The van der Waals surface area contributed by atoms with Gasteiger partial charge in [0, 0.05) is 36.9 Å². The maximum Gasteiger partial charge on any atom is 0.147 e. The number of hydrogen-bond acceptors (Lipinski definition) is 7. The van der Waals surface area contributed by atoms with Gasteiger partial charge in [-0.2, -0.15) is 5.10 Å². The Balaban J connectivity index is 1.39. The van der Waals surface area contributed by atoms with Crippen molar-refractivity contribution in [1.29, 1.82) is 0 Å². The first-order chi connectivity index (χ1) is 15.7. The van der Waals surface area contributed by atoms with Crippen LogP contribution in [0.15, 0.2) is 61.2 Å². The topological polar surface area (TPSA) is 110 Å². The molecule has 32 heavy (non-hydrogen) atoms. The number of nitrogens with two attached hydrogens (primary N) is 1. The average Bonchev–Trinajstić information content (AvgIpc) is 3.28. The zero-order valence-corrected chi connectivity index (χ0v) is 17.4. The molecule has 2 aromatic carbocycles. The third-order valence-corrected chi connectivity index (χ3v) is 6.09. The SMILES string of the molecule is NC1CCN(c2cncc(-c3n[nH]c4ccc(-c5ccc6nccnc6c5)cc34)n2)CC1. The summed E-state index contributed by atoms with van der Waals surface area (Å²) < 4.78 is 0. The molecule has 0 saturated carbocycles. The van der Waals surface area contributed by atoms with E-state index in [1.54, 1.807) is 18.6 Å². The first-order valence-corrected chi connectivity index (χ1v) is 10.8. The van der Waals surface area contributed by atoms with Crippen molar-refractivity contribution in [2.45, 2.75) is 18.9 Å². The number of benzene rings is 2. The second kappa shape index (κ2) is 7.65. The molecular weight excluding hydrogens is 400 g/mol. The summed E-state index contributed by atoms with van der Waals surface area (Å²) in [7, 11) is 0. The van der Waals surface area contributed by atoms with Gasteiger partial charge in [0.2, 0.25) is 0 Å². The lowest BCUT2D eigenvalue weighted by Gasteiger charge is -2.30. The summed E-state index contributed by atoms with van der Waals surface area (Å²) in [6, 6.07) is 12.7. The van der Waals surface area contributed by atoms with Crippen LogP contribution in [0.1, 0.15) is 12.8 Å². The molecule has 4 heterocycles. The summed E-state index contributed by atoms with van der Waals surface area (Å²) in [4.78, 5) is 20.4. The second-order valence-corrected chi connectivity index (χ2v) is 8.18. The highest BCUT2D eigenvalue weighted by molar-refractivity contribution is 5.95. The molecular formula is C24H22N8. The predicted molar refractivity (Wildman–Crippen MR) is 125 cm³/mol. The van der Waals surface area contributed by atoms with Crippen LogP contribution in [-0.4, -0.2) is 49.3 Å². The Morgan fingerprint density at radius 2 is 1.69 bits per heavy atom. The summed E-state index contributed by atoms with van der Waals surface area (Å²) in [5.41, 5.74) is 12.5. The van der Waals surface area contributed by atoms with Gasteiger partial charge in [-0.05, 0) is 48.2 Å². The number of aromatic nitrogens is 6. The molecule has 1 aliphatic rings. The van der Waals surface area contributed by atoms with E-state index in [0.717, 1.165) is 76.2 Å². The fourth-order valence-corrected chi connectivity index (χ4v) is 4.28. The standard InChI is InChI=1S/C24H22N8/c25-17-5-9-32(10-6-17)23-14-26-13-22(29-23)24-18-11-15(1-3-19(18)30-31-24)16-2-4-20-21(12-16)28-8-7-27-20/h1-4,7-8,11-14,17H,5-6,9-10,25H2,(H,30,31). The number of hydrogen-bond donors (Lipinski definition) is 2. The minimum Gasteiger partial charge on any atom is -0.355 e. The van der Waals surface area contributed by atoms with Crippen molar-refractivity contribution in [2.75, 3.05) is 18.0 Å². The van der Waals surface area contributed by atoms with Crippen LogP contribution in [0, 0.1) is 0 Å². The molecule has 0 aliphatic carbocycles. The largest absolute Gasteiger partial charge is 0.355 e. The van der Waals surface area contributed by atoms with Crippen LogP contribution >= 0.6 is 0 Å². The van der Waals surface area contributed by atoms with Gasteiger partial charge in [0.05, 0.1) is 28.9 Å². The van der Waals surface area contributed by atoms with E-state index in [4.69, 9.17) is 10.7 Å². The van der Waals surface area contributed by atoms with Crippen LogP contribution in [0.25, 0.3) is 44.5 Å². The van der Waals surface area contributed by atoms with Gasteiger partial charge in [-0.25, -0.2) is 4.98 Å². The number of piperidine rings is 1. The first kappa shape index (κ1) is 18.8. The molecule has 0 atom stereocenters. The highest BCUT2D eigenvalue weighted by Gasteiger charge is 2.19. The van der Waals surface area contributed by atoms with E-state index in [1.165, 1.54) is 0 Å². The number of rotatable bonds is 3. The van der Waals surface area contributed by atoms with E-state index in [9.17, 15) is 0 Å². The Labute approximate surface area is 184 Å². The Morgan fingerprint density at radius 3 is 2.56 bits per heavy atom. The lowest BCUT2D eigenvalue weighted by Crippen LogP contribution is -2.40. The number of anilines is 1. The minimum absolute atomic E-state index is 0.275. The third-order valence-electron chi connectivity index (χ3n) is 6.09. The fraction of sp³-hybridized carbons (Fsp3) is 0.208. The second-order valence-electron chi connectivity index (χ2n) is 8.18. The zero-order chi connectivity index (χ0) is 21.5. The van der Waals surface area contributed by atoms with Crippen LogP contribution in [0.4, 0.5) is 5.82 Å². The molecule has 1 aliphatic heterocycles. The average molecular weight is 422 g/mol. The lowest BCUT2D eigenvalue weighted by molar-refractivity contribution is 0.498. The Hall–Kier alpha value is -3.91. The smallest absolute Gasteiger partial charge is 0.147 e. The van der Waals surface area contributed by atoms with Gasteiger partial charge in [-0.1, -0.05) is 12.1 Å². The number of fused-ring (bicyclic) bond motifs is 2. The van der Waals surface area contributed by atoms with Crippen molar-refractivity contribution in [3.05, 3.63) is 61.2 Å². The molecule has 8 heteroatoms. The molecule has 0 bridgehead atoms. The van der Waals surface area contributed by atoms with E-state index < -0.39 is 0 Å². The van der Waals surface area contributed by atoms with E-state index in [0.29, 0.717) is 0 Å². The highest BCUT2D eigenvalue weighted by atomic mass is 15.2. The van der Waals surface area contributed by atoms with E-state index in [2.05, 4.69) is 54.3 Å². The van der Waals surface area contributed by atoms with Crippen LogP contribution in [-0.2, 0) is 0 Å². The van der Waals surface area contributed by atoms with Gasteiger partial charge in [0.25, 0.3) is 0 Å². The number of aromatic amines is 1. The molecule has 0 radical (unpaired) electrons. The lowest BCUT2D eigenvalue weighted by atomic mass is 10.0. The summed E-state index contributed by atoms with van der Waals surface area (Å²) in [6.07, 6.45) is 8.95. The highest BCUT2D eigenvalue weighted by Crippen LogP contribution is 2.31. The van der Waals surface area contributed by atoms with Crippen LogP contribution < -0.4 is 10.6 Å².